The van der Waals surface area contributed by atoms with Gasteiger partial charge in [0.15, 0.2) is 0 Å². The highest BCUT2D eigenvalue weighted by Crippen LogP contribution is 2.19. The minimum Gasteiger partial charge on any atom is -0.442 e. The molecule has 2 heterocycles. The van der Waals surface area contributed by atoms with Crippen LogP contribution < -0.4 is 5.59 Å². The van der Waals surface area contributed by atoms with E-state index >= 15 is 0 Å². The lowest BCUT2D eigenvalue weighted by molar-refractivity contribution is 0.0518. The molecule has 0 unspecified atom stereocenters. The zero-order valence-corrected chi connectivity index (χ0v) is 12.0. The van der Waals surface area contributed by atoms with E-state index in [1.165, 1.54) is 10.9 Å². The van der Waals surface area contributed by atoms with E-state index in [0.717, 1.165) is 0 Å². The largest absolute Gasteiger partial charge is 0.514 e. The summed E-state index contributed by atoms with van der Waals surface area (Å²) in [6, 6.07) is 1.69. The number of hydrogen-bond acceptors (Lipinski definition) is 5. The van der Waals surface area contributed by atoms with Gasteiger partial charge in [-0.2, -0.15) is 9.78 Å². The Morgan fingerprint density at radius 2 is 2.21 bits per heavy atom. The Morgan fingerprint density at radius 3 is 2.74 bits per heavy atom. The third-order valence-corrected chi connectivity index (χ3v) is 2.49. The average Bonchev–Trinajstić information content (AvgIpc) is 2.80. The zero-order chi connectivity index (χ0) is 14.3. The molecule has 0 amide bonds. The Labute approximate surface area is 113 Å². The van der Waals surface area contributed by atoms with Crippen molar-refractivity contribution in [2.45, 2.75) is 45.8 Å². The molecule has 7 heteroatoms. The molecule has 1 aromatic heterocycles. The first kappa shape index (κ1) is 14.1. The second kappa shape index (κ2) is 4.65. The highest BCUT2D eigenvalue weighted by atomic mass is 16.7. The van der Waals surface area contributed by atoms with Gasteiger partial charge in [-0.05, 0) is 40.7 Å². The van der Waals surface area contributed by atoms with Gasteiger partial charge < -0.3 is 14.0 Å². The number of carbonyl (C=O) groups excluding carboxylic acids is 1. The van der Waals surface area contributed by atoms with Crippen molar-refractivity contribution in [3.05, 3.63) is 12.3 Å². The Morgan fingerprint density at radius 1 is 1.53 bits per heavy atom. The first-order chi connectivity index (χ1) is 8.68. The molecule has 0 aliphatic carbocycles. The first-order valence-corrected chi connectivity index (χ1v) is 6.25. The molecule has 104 valence electrons. The molecule has 0 bridgehead atoms. The number of carbonyl (C=O) groups is 1. The number of ether oxygens (including phenoxy) is 1. The Balaban J connectivity index is 2.17. The lowest BCUT2D eigenvalue weighted by Gasteiger charge is -2.20. The smallest absolute Gasteiger partial charge is 0.442 e. The van der Waals surface area contributed by atoms with Crippen LogP contribution in [0.15, 0.2) is 12.3 Å². The van der Waals surface area contributed by atoms with Crippen LogP contribution in [-0.4, -0.2) is 40.8 Å². The van der Waals surface area contributed by atoms with Gasteiger partial charge in [-0.1, -0.05) is 0 Å². The second-order valence-corrected chi connectivity index (χ2v) is 6.17. The summed E-state index contributed by atoms with van der Waals surface area (Å²) in [6.45, 7) is 9.75. The van der Waals surface area contributed by atoms with Crippen LogP contribution >= 0.6 is 0 Å². The van der Waals surface area contributed by atoms with Crippen molar-refractivity contribution in [3.8, 4) is 0 Å². The molecule has 1 saturated heterocycles. The number of rotatable bonds is 1. The van der Waals surface area contributed by atoms with E-state index in [1.54, 1.807) is 26.8 Å². The van der Waals surface area contributed by atoms with Gasteiger partial charge in [-0.3, -0.25) is 0 Å². The quantitative estimate of drug-likeness (QED) is 0.714. The Kier molecular flexibility index (Phi) is 3.44. The summed E-state index contributed by atoms with van der Waals surface area (Å²) in [5, 5.41) is 3.97. The van der Waals surface area contributed by atoms with Crippen LogP contribution in [0.5, 0.6) is 0 Å². The predicted molar refractivity (Wildman–Crippen MR) is 70.4 cm³/mol. The van der Waals surface area contributed by atoms with Gasteiger partial charge in [0, 0.05) is 6.20 Å². The highest BCUT2D eigenvalue weighted by Gasteiger charge is 2.41. The summed E-state index contributed by atoms with van der Waals surface area (Å²) in [4.78, 5) is 12.0. The lowest BCUT2D eigenvalue weighted by Crippen LogP contribution is -2.43. The molecule has 0 atom stereocenters. The van der Waals surface area contributed by atoms with Crippen LogP contribution in [0.4, 0.5) is 4.79 Å². The predicted octanol–water partition coefficient (Wildman–Crippen LogP) is 1.19. The van der Waals surface area contributed by atoms with Crippen LogP contribution in [-0.2, 0) is 14.0 Å². The molecule has 1 aromatic rings. The van der Waals surface area contributed by atoms with E-state index in [2.05, 4.69) is 5.10 Å². The third kappa shape index (κ3) is 3.36. The monoisotopic (exact) mass is 266 g/mol. The topological polar surface area (TPSA) is 62.6 Å². The van der Waals surface area contributed by atoms with Crippen LogP contribution in [0.25, 0.3) is 0 Å². The number of hydrogen-bond donors (Lipinski definition) is 0. The molecule has 1 aliphatic heterocycles. The maximum absolute atomic E-state index is 12.0. The van der Waals surface area contributed by atoms with Gasteiger partial charge in [-0.15, -0.1) is 0 Å². The highest BCUT2D eigenvalue weighted by molar-refractivity contribution is 6.61. The summed E-state index contributed by atoms with van der Waals surface area (Å²) in [6.07, 6.45) is 0.988. The fraction of sp³-hybridized carbons (Fsp3) is 0.667. The molecule has 0 saturated carbocycles. The van der Waals surface area contributed by atoms with Crippen LogP contribution in [0.1, 0.15) is 34.6 Å². The molecule has 0 N–H and O–H groups in total. The van der Waals surface area contributed by atoms with Crippen molar-refractivity contribution in [2.24, 2.45) is 0 Å². The normalized spacial score (nSPS) is 18.7. The van der Waals surface area contributed by atoms with Crippen molar-refractivity contribution < 1.29 is 18.8 Å². The number of nitrogens with zero attached hydrogens (tertiary/aromatic N) is 2. The minimum absolute atomic E-state index is 0.367. The van der Waals surface area contributed by atoms with E-state index in [4.69, 9.17) is 14.0 Å². The van der Waals surface area contributed by atoms with Gasteiger partial charge in [0.2, 0.25) is 0 Å². The van der Waals surface area contributed by atoms with Gasteiger partial charge in [-0.25, -0.2) is 4.79 Å². The molecule has 1 fully saturated rings. The molecule has 0 aromatic carbocycles. The summed E-state index contributed by atoms with van der Waals surface area (Å²) in [5.41, 5.74) is -0.398. The fourth-order valence-corrected chi connectivity index (χ4v) is 1.73. The maximum atomic E-state index is 12.0. The van der Waals surface area contributed by atoms with E-state index in [1.807, 2.05) is 13.8 Å². The average molecular weight is 266 g/mol. The van der Waals surface area contributed by atoms with Crippen molar-refractivity contribution in [1.82, 2.24) is 9.78 Å². The molecular weight excluding hydrogens is 247 g/mol. The van der Waals surface area contributed by atoms with Crippen LogP contribution in [0, 0.1) is 0 Å². The van der Waals surface area contributed by atoms with Gasteiger partial charge in [0.05, 0.1) is 17.8 Å². The molecule has 0 radical (unpaired) electrons. The summed E-state index contributed by atoms with van der Waals surface area (Å²) in [5.74, 6) is 0. The van der Waals surface area contributed by atoms with Gasteiger partial charge >= 0.3 is 13.2 Å². The summed E-state index contributed by atoms with van der Waals surface area (Å²) < 4.78 is 17.7. The molecule has 2 rings (SSSR count). The standard InChI is InChI=1S/C12H19BN2O4/c1-11(2,3)18-10(16)15-9(6-7-14-15)13-17-8-12(4,5)19-13/h6-7H,8H2,1-5H3. The molecular formula is C12H19BN2O4. The summed E-state index contributed by atoms with van der Waals surface area (Å²) in [7, 11) is -0.593. The van der Waals surface area contributed by atoms with Gasteiger partial charge in [0.1, 0.15) is 5.60 Å². The molecule has 0 spiro atoms. The van der Waals surface area contributed by atoms with Gasteiger partial charge in [0.25, 0.3) is 0 Å². The first-order valence-electron chi connectivity index (χ1n) is 6.25. The lowest BCUT2D eigenvalue weighted by atomic mass is 9.85. The molecule has 19 heavy (non-hydrogen) atoms. The SMILES string of the molecule is CC(C)(C)OC(=O)n1nccc1B1OCC(C)(C)O1. The van der Waals surface area contributed by atoms with E-state index < -0.39 is 18.8 Å². The van der Waals surface area contributed by atoms with Crippen molar-refractivity contribution in [1.29, 1.82) is 0 Å². The third-order valence-electron chi connectivity index (χ3n) is 2.49. The zero-order valence-electron chi connectivity index (χ0n) is 12.0. The second-order valence-electron chi connectivity index (χ2n) is 6.17. The van der Waals surface area contributed by atoms with Crippen LogP contribution in [0.2, 0.25) is 0 Å². The van der Waals surface area contributed by atoms with E-state index in [9.17, 15) is 4.79 Å². The summed E-state index contributed by atoms with van der Waals surface area (Å²) >= 11 is 0. The maximum Gasteiger partial charge on any atom is 0.514 e. The Hall–Kier alpha value is -1.34. The minimum atomic E-state index is -0.593. The molecule has 6 nitrogen and oxygen atoms in total. The van der Waals surface area contributed by atoms with Crippen molar-refractivity contribution in [3.63, 3.8) is 0 Å². The number of aromatic nitrogens is 2. The van der Waals surface area contributed by atoms with E-state index in [-0.39, 0.29) is 5.60 Å². The molecule has 1 aliphatic rings. The van der Waals surface area contributed by atoms with Crippen molar-refractivity contribution in [2.75, 3.05) is 6.61 Å². The Bertz CT molecular complexity index is 478. The van der Waals surface area contributed by atoms with E-state index in [0.29, 0.717) is 12.2 Å². The van der Waals surface area contributed by atoms with Crippen LogP contribution in [0.3, 0.4) is 0 Å². The van der Waals surface area contributed by atoms with Crippen molar-refractivity contribution >= 4 is 18.8 Å². The fourth-order valence-electron chi connectivity index (χ4n) is 1.73.